The van der Waals surface area contributed by atoms with Gasteiger partial charge in [-0.3, -0.25) is 10.1 Å². The highest BCUT2D eigenvalue weighted by Crippen LogP contribution is 2.12. The summed E-state index contributed by atoms with van der Waals surface area (Å²) in [4.78, 5) is 37.9. The lowest BCUT2D eigenvalue weighted by Gasteiger charge is -2.19. The van der Waals surface area contributed by atoms with Crippen LogP contribution in [0.2, 0.25) is 5.15 Å². The number of hydrogen-bond donors (Lipinski definition) is 2. The zero-order valence-electron chi connectivity index (χ0n) is 10.9. The fourth-order valence-electron chi connectivity index (χ4n) is 1.36. The molecular weight excluding hydrogens is 286 g/mol. The van der Waals surface area contributed by atoms with E-state index in [9.17, 15) is 14.4 Å². The van der Waals surface area contributed by atoms with Crippen molar-refractivity contribution in [3.05, 3.63) is 29.0 Å². The van der Waals surface area contributed by atoms with E-state index in [2.05, 4.69) is 4.98 Å². The number of nitrogens with zero attached hydrogens (tertiary/aromatic N) is 1. The van der Waals surface area contributed by atoms with Gasteiger partial charge in [-0.25, -0.2) is 14.6 Å². The SMILES string of the molecule is CC(C)C(OC(=O)c1ccc(Cl)nc1)C(=O)NC(N)=O. The summed E-state index contributed by atoms with van der Waals surface area (Å²) in [5.41, 5.74) is 5.00. The molecule has 0 saturated heterocycles. The molecule has 0 spiro atoms. The first-order valence-corrected chi connectivity index (χ1v) is 6.12. The van der Waals surface area contributed by atoms with E-state index < -0.39 is 24.0 Å². The number of carbonyl (C=O) groups is 3. The highest BCUT2D eigenvalue weighted by Gasteiger charge is 2.27. The van der Waals surface area contributed by atoms with Crippen LogP contribution in [-0.2, 0) is 9.53 Å². The molecule has 0 bridgehead atoms. The lowest BCUT2D eigenvalue weighted by Crippen LogP contribution is -2.45. The van der Waals surface area contributed by atoms with Crippen LogP contribution in [0.15, 0.2) is 18.3 Å². The Bertz CT molecular complexity index is 516. The molecule has 1 atom stereocenters. The van der Waals surface area contributed by atoms with Gasteiger partial charge in [0.25, 0.3) is 5.91 Å². The van der Waals surface area contributed by atoms with Gasteiger partial charge in [0, 0.05) is 6.20 Å². The number of nitrogens with two attached hydrogens (primary N) is 1. The van der Waals surface area contributed by atoms with Crippen molar-refractivity contribution in [3.63, 3.8) is 0 Å². The number of esters is 1. The average molecular weight is 300 g/mol. The van der Waals surface area contributed by atoms with Crippen LogP contribution in [-0.4, -0.2) is 29.0 Å². The molecule has 8 heteroatoms. The predicted octanol–water partition coefficient (Wildman–Crippen LogP) is 1.11. The van der Waals surface area contributed by atoms with Gasteiger partial charge in [-0.15, -0.1) is 0 Å². The van der Waals surface area contributed by atoms with E-state index in [-0.39, 0.29) is 16.6 Å². The molecule has 108 valence electrons. The van der Waals surface area contributed by atoms with Crippen LogP contribution >= 0.6 is 11.6 Å². The monoisotopic (exact) mass is 299 g/mol. The van der Waals surface area contributed by atoms with Crippen LogP contribution < -0.4 is 11.1 Å². The molecule has 0 saturated carbocycles. The number of rotatable bonds is 4. The number of aromatic nitrogens is 1. The van der Waals surface area contributed by atoms with E-state index in [1.165, 1.54) is 18.3 Å². The maximum atomic E-state index is 11.9. The molecule has 1 heterocycles. The van der Waals surface area contributed by atoms with Crippen LogP contribution in [0.25, 0.3) is 0 Å². The first-order chi connectivity index (χ1) is 9.31. The molecule has 0 aliphatic rings. The standard InChI is InChI=1S/C12H14ClN3O4/c1-6(2)9(10(17)16-12(14)19)20-11(18)7-3-4-8(13)15-5-7/h3-6,9H,1-2H3,(H3,14,16,17,19). The Morgan fingerprint density at radius 3 is 2.45 bits per heavy atom. The molecule has 0 radical (unpaired) electrons. The van der Waals surface area contributed by atoms with E-state index >= 15 is 0 Å². The number of halogens is 1. The summed E-state index contributed by atoms with van der Waals surface area (Å²) in [7, 11) is 0. The van der Waals surface area contributed by atoms with E-state index in [0.717, 1.165) is 0 Å². The fourth-order valence-corrected chi connectivity index (χ4v) is 1.48. The quantitative estimate of drug-likeness (QED) is 0.639. The predicted molar refractivity (Wildman–Crippen MR) is 71.0 cm³/mol. The maximum Gasteiger partial charge on any atom is 0.340 e. The van der Waals surface area contributed by atoms with E-state index in [4.69, 9.17) is 22.1 Å². The minimum absolute atomic E-state index is 0.145. The molecule has 3 amide bonds. The van der Waals surface area contributed by atoms with Gasteiger partial charge < -0.3 is 10.5 Å². The normalized spacial score (nSPS) is 11.8. The topological polar surface area (TPSA) is 111 Å². The minimum atomic E-state index is -1.13. The summed E-state index contributed by atoms with van der Waals surface area (Å²) in [6.45, 7) is 3.33. The first-order valence-electron chi connectivity index (χ1n) is 5.74. The number of pyridine rings is 1. The molecule has 1 aromatic heterocycles. The minimum Gasteiger partial charge on any atom is -0.448 e. The van der Waals surface area contributed by atoms with Crippen molar-refractivity contribution in [2.75, 3.05) is 0 Å². The van der Waals surface area contributed by atoms with Crippen molar-refractivity contribution in [2.45, 2.75) is 20.0 Å². The smallest absolute Gasteiger partial charge is 0.340 e. The van der Waals surface area contributed by atoms with Gasteiger partial charge in [-0.05, 0) is 18.1 Å². The average Bonchev–Trinajstić information content (AvgIpc) is 2.35. The number of ether oxygens (including phenoxy) is 1. The van der Waals surface area contributed by atoms with Gasteiger partial charge >= 0.3 is 12.0 Å². The molecule has 20 heavy (non-hydrogen) atoms. The van der Waals surface area contributed by atoms with Crippen molar-refractivity contribution < 1.29 is 19.1 Å². The number of urea groups is 1. The van der Waals surface area contributed by atoms with Crippen LogP contribution in [0.3, 0.4) is 0 Å². The van der Waals surface area contributed by atoms with Crippen molar-refractivity contribution in [3.8, 4) is 0 Å². The van der Waals surface area contributed by atoms with Crippen LogP contribution in [0, 0.1) is 5.92 Å². The molecule has 0 aliphatic carbocycles. The zero-order chi connectivity index (χ0) is 15.3. The Morgan fingerprint density at radius 1 is 1.35 bits per heavy atom. The molecule has 1 unspecified atom stereocenters. The lowest BCUT2D eigenvalue weighted by atomic mass is 10.1. The third-order valence-electron chi connectivity index (χ3n) is 2.31. The summed E-state index contributed by atoms with van der Waals surface area (Å²) >= 11 is 5.60. The Kier molecular flexibility index (Phi) is 5.45. The van der Waals surface area contributed by atoms with E-state index in [0.29, 0.717) is 0 Å². The number of imide groups is 1. The van der Waals surface area contributed by atoms with Crippen molar-refractivity contribution in [1.82, 2.24) is 10.3 Å². The van der Waals surface area contributed by atoms with Gasteiger partial charge in [0.15, 0.2) is 6.10 Å². The van der Waals surface area contributed by atoms with Crippen molar-refractivity contribution in [1.29, 1.82) is 0 Å². The van der Waals surface area contributed by atoms with Crippen LogP contribution in [0.5, 0.6) is 0 Å². The second-order valence-corrected chi connectivity index (χ2v) is 4.68. The maximum absolute atomic E-state index is 11.9. The number of hydrogen-bond acceptors (Lipinski definition) is 5. The van der Waals surface area contributed by atoms with Crippen LogP contribution in [0.1, 0.15) is 24.2 Å². The molecule has 0 fully saturated rings. The highest BCUT2D eigenvalue weighted by atomic mass is 35.5. The second kappa shape index (κ2) is 6.85. The summed E-state index contributed by atoms with van der Waals surface area (Å²) in [6, 6.07) is 1.83. The summed E-state index contributed by atoms with van der Waals surface area (Å²) in [5.74, 6) is -1.85. The first kappa shape index (κ1) is 15.9. The second-order valence-electron chi connectivity index (χ2n) is 4.29. The van der Waals surface area contributed by atoms with Gasteiger partial charge in [0.05, 0.1) is 5.56 Å². The van der Waals surface area contributed by atoms with Crippen molar-refractivity contribution >= 4 is 29.5 Å². The summed E-state index contributed by atoms with van der Waals surface area (Å²) in [6.07, 6.45) is 0.0966. The van der Waals surface area contributed by atoms with Gasteiger partial charge in [-0.2, -0.15) is 0 Å². The number of primary amides is 1. The summed E-state index contributed by atoms with van der Waals surface area (Å²) in [5, 5.41) is 2.11. The number of amides is 3. The molecular formula is C12H14ClN3O4. The molecule has 0 aromatic carbocycles. The Hall–Kier alpha value is -2.15. The Morgan fingerprint density at radius 2 is 2.00 bits per heavy atom. The molecule has 1 rings (SSSR count). The Balaban J connectivity index is 2.80. The van der Waals surface area contributed by atoms with Gasteiger partial charge in [-0.1, -0.05) is 25.4 Å². The lowest BCUT2D eigenvalue weighted by molar-refractivity contribution is -0.130. The molecule has 7 nitrogen and oxygen atoms in total. The third-order valence-corrected chi connectivity index (χ3v) is 2.53. The highest BCUT2D eigenvalue weighted by molar-refractivity contribution is 6.29. The third kappa shape index (κ3) is 4.51. The molecule has 0 aliphatic heterocycles. The van der Waals surface area contributed by atoms with Gasteiger partial charge in [0.1, 0.15) is 5.15 Å². The number of carbonyl (C=O) groups excluding carboxylic acids is 3. The zero-order valence-corrected chi connectivity index (χ0v) is 11.7. The molecule has 3 N–H and O–H groups in total. The molecule has 1 aromatic rings. The van der Waals surface area contributed by atoms with E-state index in [1.54, 1.807) is 13.8 Å². The number of nitrogens with one attached hydrogen (secondary N) is 1. The van der Waals surface area contributed by atoms with Crippen molar-refractivity contribution in [2.24, 2.45) is 11.7 Å². The van der Waals surface area contributed by atoms with Crippen LogP contribution in [0.4, 0.5) is 4.79 Å². The summed E-state index contributed by atoms with van der Waals surface area (Å²) < 4.78 is 5.06. The Labute approximate surface area is 120 Å². The largest absolute Gasteiger partial charge is 0.448 e. The fraction of sp³-hybridized carbons (Fsp3) is 0.333. The van der Waals surface area contributed by atoms with E-state index in [1.807, 2.05) is 5.32 Å². The van der Waals surface area contributed by atoms with Gasteiger partial charge in [0.2, 0.25) is 0 Å².